The van der Waals surface area contributed by atoms with E-state index in [0.29, 0.717) is 5.41 Å². The highest BCUT2D eigenvalue weighted by molar-refractivity contribution is 4.93. The predicted molar refractivity (Wildman–Crippen MR) is 90.6 cm³/mol. The van der Waals surface area contributed by atoms with Crippen molar-refractivity contribution in [2.75, 3.05) is 13.1 Å². The summed E-state index contributed by atoms with van der Waals surface area (Å²) in [6.45, 7) is 4.96. The van der Waals surface area contributed by atoms with Crippen LogP contribution in [0, 0.1) is 11.3 Å². The minimum atomic E-state index is 0.641. The van der Waals surface area contributed by atoms with Crippen LogP contribution in [0.3, 0.4) is 0 Å². The summed E-state index contributed by atoms with van der Waals surface area (Å²) in [7, 11) is 0. The molecule has 3 rings (SSSR count). The van der Waals surface area contributed by atoms with Gasteiger partial charge in [0, 0.05) is 18.6 Å². The third-order valence-corrected chi connectivity index (χ3v) is 6.84. The molecular weight excluding hydrogens is 256 g/mol. The molecule has 0 aromatic rings. The van der Waals surface area contributed by atoms with Gasteiger partial charge in [0.2, 0.25) is 0 Å². The Labute approximate surface area is 131 Å². The first kappa shape index (κ1) is 15.8. The largest absolute Gasteiger partial charge is 0.314 e. The van der Waals surface area contributed by atoms with E-state index in [4.69, 9.17) is 0 Å². The molecule has 0 spiro atoms. The first-order valence-corrected chi connectivity index (χ1v) is 9.80. The molecule has 0 bridgehead atoms. The van der Waals surface area contributed by atoms with Gasteiger partial charge in [-0.3, -0.25) is 0 Å². The second-order valence-electron chi connectivity index (χ2n) is 8.05. The lowest BCUT2D eigenvalue weighted by Crippen LogP contribution is -2.52. The van der Waals surface area contributed by atoms with Gasteiger partial charge in [-0.15, -0.1) is 0 Å². The fourth-order valence-electron chi connectivity index (χ4n) is 5.27. The molecular formula is C19H36N2. The maximum atomic E-state index is 4.06. The molecule has 1 saturated heterocycles. The van der Waals surface area contributed by atoms with Crippen molar-refractivity contribution >= 4 is 0 Å². The van der Waals surface area contributed by atoms with E-state index in [1.165, 1.54) is 90.1 Å². The molecule has 2 aliphatic carbocycles. The van der Waals surface area contributed by atoms with Crippen LogP contribution in [-0.2, 0) is 0 Å². The molecule has 3 fully saturated rings. The van der Waals surface area contributed by atoms with E-state index in [2.05, 4.69) is 17.6 Å². The summed E-state index contributed by atoms with van der Waals surface area (Å²) in [5.74, 6) is 0.898. The number of nitrogens with one attached hydrogen (secondary N) is 2. The number of piperidine rings is 1. The molecule has 0 aromatic carbocycles. The number of hydrogen-bond donors (Lipinski definition) is 2. The van der Waals surface area contributed by atoms with Crippen LogP contribution in [0.2, 0.25) is 0 Å². The second-order valence-corrected chi connectivity index (χ2v) is 8.05. The van der Waals surface area contributed by atoms with E-state index in [-0.39, 0.29) is 0 Å². The lowest BCUT2D eigenvalue weighted by atomic mass is 9.76. The third-order valence-electron chi connectivity index (χ3n) is 6.84. The Bertz CT molecular complexity index is 303. The average Bonchev–Trinajstić information content (AvgIpc) is 3.04. The average molecular weight is 293 g/mol. The van der Waals surface area contributed by atoms with E-state index >= 15 is 0 Å². The van der Waals surface area contributed by atoms with E-state index in [1.807, 2.05) is 0 Å². The van der Waals surface area contributed by atoms with Gasteiger partial charge in [-0.25, -0.2) is 0 Å². The van der Waals surface area contributed by atoms with Crippen molar-refractivity contribution < 1.29 is 0 Å². The maximum absolute atomic E-state index is 4.06. The van der Waals surface area contributed by atoms with Crippen molar-refractivity contribution in [3.63, 3.8) is 0 Å². The highest BCUT2D eigenvalue weighted by Gasteiger charge is 2.36. The topological polar surface area (TPSA) is 24.1 Å². The molecule has 122 valence electrons. The Kier molecular flexibility index (Phi) is 5.61. The van der Waals surface area contributed by atoms with Gasteiger partial charge < -0.3 is 10.6 Å². The van der Waals surface area contributed by atoms with Crippen molar-refractivity contribution in [3.05, 3.63) is 0 Å². The molecule has 0 radical (unpaired) electrons. The van der Waals surface area contributed by atoms with Crippen molar-refractivity contribution in [3.8, 4) is 0 Å². The minimum Gasteiger partial charge on any atom is -0.314 e. The molecule has 2 saturated carbocycles. The quantitative estimate of drug-likeness (QED) is 0.791. The fraction of sp³-hybridized carbons (Fsp3) is 1.00. The van der Waals surface area contributed by atoms with Gasteiger partial charge in [0.15, 0.2) is 0 Å². The van der Waals surface area contributed by atoms with Crippen LogP contribution in [0.4, 0.5) is 0 Å². The van der Waals surface area contributed by atoms with Gasteiger partial charge >= 0.3 is 0 Å². The van der Waals surface area contributed by atoms with Crippen LogP contribution >= 0.6 is 0 Å². The third kappa shape index (κ3) is 3.82. The Hall–Kier alpha value is -0.0800. The van der Waals surface area contributed by atoms with Crippen LogP contribution in [0.15, 0.2) is 0 Å². The van der Waals surface area contributed by atoms with Crippen molar-refractivity contribution in [1.82, 2.24) is 10.6 Å². The van der Waals surface area contributed by atoms with Crippen molar-refractivity contribution in [2.24, 2.45) is 11.3 Å². The zero-order valence-electron chi connectivity index (χ0n) is 14.1. The van der Waals surface area contributed by atoms with Gasteiger partial charge in [0.1, 0.15) is 0 Å². The molecule has 3 atom stereocenters. The van der Waals surface area contributed by atoms with E-state index in [0.717, 1.165) is 18.0 Å². The normalized spacial score (nSPS) is 36.7. The van der Waals surface area contributed by atoms with Crippen LogP contribution in [0.25, 0.3) is 0 Å². The summed E-state index contributed by atoms with van der Waals surface area (Å²) in [4.78, 5) is 0. The van der Waals surface area contributed by atoms with Crippen molar-refractivity contribution in [2.45, 2.75) is 96.1 Å². The lowest BCUT2D eigenvalue weighted by Gasteiger charge is -2.41. The molecule has 3 aliphatic rings. The highest BCUT2D eigenvalue weighted by atomic mass is 15.0. The predicted octanol–water partition coefficient (Wildman–Crippen LogP) is 4.25. The Morgan fingerprint density at radius 2 is 1.71 bits per heavy atom. The van der Waals surface area contributed by atoms with Gasteiger partial charge in [0.05, 0.1) is 0 Å². The summed E-state index contributed by atoms with van der Waals surface area (Å²) < 4.78 is 0. The van der Waals surface area contributed by atoms with E-state index < -0.39 is 0 Å². The summed E-state index contributed by atoms with van der Waals surface area (Å²) >= 11 is 0. The van der Waals surface area contributed by atoms with Crippen LogP contribution in [0.1, 0.15) is 84.0 Å². The molecule has 0 aromatic heterocycles. The molecule has 21 heavy (non-hydrogen) atoms. The first-order valence-electron chi connectivity index (χ1n) is 9.80. The first-order chi connectivity index (χ1) is 10.3. The highest BCUT2D eigenvalue weighted by Crippen LogP contribution is 2.41. The van der Waals surface area contributed by atoms with Gasteiger partial charge in [0.25, 0.3) is 0 Å². The van der Waals surface area contributed by atoms with E-state index in [1.54, 1.807) is 0 Å². The lowest BCUT2D eigenvalue weighted by molar-refractivity contribution is 0.160. The molecule has 1 heterocycles. The van der Waals surface area contributed by atoms with Gasteiger partial charge in [-0.2, -0.15) is 0 Å². The second kappa shape index (κ2) is 7.46. The number of hydrogen-bond acceptors (Lipinski definition) is 2. The fourth-order valence-corrected chi connectivity index (χ4v) is 5.27. The minimum absolute atomic E-state index is 0.641. The molecule has 3 unspecified atom stereocenters. The number of rotatable bonds is 5. The monoisotopic (exact) mass is 292 g/mol. The van der Waals surface area contributed by atoms with Crippen molar-refractivity contribution in [1.29, 1.82) is 0 Å². The Morgan fingerprint density at radius 1 is 0.952 bits per heavy atom. The van der Waals surface area contributed by atoms with Crippen LogP contribution < -0.4 is 10.6 Å². The molecule has 0 amide bonds. The maximum Gasteiger partial charge on any atom is 0.0110 e. The smallest absolute Gasteiger partial charge is 0.0110 e. The van der Waals surface area contributed by atoms with E-state index in [9.17, 15) is 0 Å². The summed E-state index contributed by atoms with van der Waals surface area (Å²) in [6, 6.07) is 1.59. The Morgan fingerprint density at radius 3 is 2.43 bits per heavy atom. The Balaban J connectivity index is 1.56. The SMILES string of the molecule is CCC1(CNC2CCCCC2C2CCCCN2)CCCC1. The molecule has 2 heteroatoms. The summed E-state index contributed by atoms with van der Waals surface area (Å²) in [5.41, 5.74) is 0.641. The zero-order chi connectivity index (χ0) is 14.5. The summed E-state index contributed by atoms with van der Waals surface area (Å²) in [5, 5.41) is 7.89. The van der Waals surface area contributed by atoms with Crippen LogP contribution in [-0.4, -0.2) is 25.2 Å². The molecule has 2 N–H and O–H groups in total. The zero-order valence-corrected chi connectivity index (χ0v) is 14.1. The standard InChI is InChI=1S/C19H36N2/c1-2-19(12-6-7-13-19)15-21-18-10-4-3-9-16(18)17-11-5-8-14-20-17/h16-18,20-21H,2-15H2,1H3. The molecule has 2 nitrogen and oxygen atoms in total. The van der Waals surface area contributed by atoms with Gasteiger partial charge in [-0.05, 0) is 62.8 Å². The molecule has 1 aliphatic heterocycles. The summed E-state index contributed by atoms with van der Waals surface area (Å²) in [6.07, 6.45) is 17.3. The van der Waals surface area contributed by atoms with Gasteiger partial charge in [-0.1, -0.05) is 39.0 Å². The van der Waals surface area contributed by atoms with Crippen LogP contribution in [0.5, 0.6) is 0 Å².